The Hall–Kier alpha value is -3.23. The van der Waals surface area contributed by atoms with E-state index in [1.807, 2.05) is 18.2 Å². The van der Waals surface area contributed by atoms with Crippen molar-refractivity contribution in [2.75, 3.05) is 13.2 Å². The lowest BCUT2D eigenvalue weighted by atomic mass is 9.77. The lowest BCUT2D eigenvalue weighted by Crippen LogP contribution is -2.55. The average Bonchev–Trinajstić information content (AvgIpc) is 3.62. The van der Waals surface area contributed by atoms with Crippen LogP contribution in [0.1, 0.15) is 29.9 Å². The first-order valence-corrected chi connectivity index (χ1v) is 11.6. The molecule has 0 aromatic heterocycles. The van der Waals surface area contributed by atoms with Gasteiger partial charge in [-0.25, -0.2) is 4.39 Å². The topological polar surface area (TPSA) is 99.1 Å². The number of aliphatic hydroxyl groups excluding tert-OH is 2. The van der Waals surface area contributed by atoms with Crippen LogP contribution in [0.2, 0.25) is 0 Å². The second kappa shape index (κ2) is 9.19. The predicted molar refractivity (Wildman–Crippen MR) is 121 cm³/mol. The number of benzene rings is 2. The van der Waals surface area contributed by atoms with Crippen LogP contribution in [0.3, 0.4) is 0 Å². The normalized spacial score (nSPS) is 25.0. The molecule has 1 heterocycles. The van der Waals surface area contributed by atoms with Gasteiger partial charge in [-0.2, -0.15) is 0 Å². The molecule has 5 rings (SSSR count). The lowest BCUT2D eigenvalue weighted by Gasteiger charge is -2.41. The second-order valence-electron chi connectivity index (χ2n) is 9.01. The van der Waals surface area contributed by atoms with Crippen molar-refractivity contribution < 1.29 is 28.9 Å². The number of halogens is 1. The van der Waals surface area contributed by atoms with Gasteiger partial charge in [0.15, 0.2) is 0 Å². The Morgan fingerprint density at radius 3 is 2.59 bits per heavy atom. The molecule has 0 bridgehead atoms. The van der Waals surface area contributed by atoms with E-state index in [0.29, 0.717) is 16.9 Å². The van der Waals surface area contributed by atoms with Gasteiger partial charge in [0.25, 0.3) is 0 Å². The van der Waals surface area contributed by atoms with Crippen LogP contribution in [-0.4, -0.2) is 58.3 Å². The largest absolute Gasteiger partial charge is 0.486 e. The van der Waals surface area contributed by atoms with Gasteiger partial charge in [-0.3, -0.25) is 9.59 Å². The highest BCUT2D eigenvalue weighted by Crippen LogP contribution is 2.47. The van der Waals surface area contributed by atoms with Gasteiger partial charge in [-0.15, -0.1) is 0 Å². The van der Waals surface area contributed by atoms with Crippen molar-refractivity contribution in [3.63, 3.8) is 0 Å². The maximum Gasteiger partial charge on any atom is 0.247 e. The number of carbonyl (C=O) groups is 2. The van der Waals surface area contributed by atoms with Gasteiger partial charge in [0.1, 0.15) is 23.8 Å². The Kier molecular flexibility index (Phi) is 6.10. The van der Waals surface area contributed by atoms with Gasteiger partial charge in [-0.1, -0.05) is 36.4 Å². The Bertz CT molecular complexity index is 1130. The summed E-state index contributed by atoms with van der Waals surface area (Å²) in [4.78, 5) is 27.9. The molecule has 2 aromatic rings. The summed E-state index contributed by atoms with van der Waals surface area (Å²) >= 11 is 0. The molecule has 34 heavy (non-hydrogen) atoms. The quantitative estimate of drug-likeness (QED) is 0.579. The van der Waals surface area contributed by atoms with Crippen LogP contribution >= 0.6 is 0 Å². The van der Waals surface area contributed by atoms with E-state index in [-0.39, 0.29) is 31.5 Å². The fourth-order valence-corrected chi connectivity index (χ4v) is 4.90. The molecule has 3 N–H and O–H groups in total. The predicted octanol–water partition coefficient (Wildman–Crippen LogP) is 1.89. The monoisotopic (exact) mass is 466 g/mol. The Balaban J connectivity index is 1.56. The summed E-state index contributed by atoms with van der Waals surface area (Å²) in [7, 11) is 0. The van der Waals surface area contributed by atoms with Crippen molar-refractivity contribution in [1.29, 1.82) is 0 Å². The molecule has 178 valence electrons. The molecular weight excluding hydrogens is 439 g/mol. The third kappa shape index (κ3) is 4.08. The van der Waals surface area contributed by atoms with E-state index in [0.717, 1.165) is 18.4 Å². The maximum atomic E-state index is 14.5. The van der Waals surface area contributed by atoms with E-state index < -0.39 is 35.9 Å². The number of hydrogen-bond acceptors (Lipinski definition) is 5. The average molecular weight is 467 g/mol. The van der Waals surface area contributed by atoms with Crippen molar-refractivity contribution in [3.05, 3.63) is 77.1 Å². The number of nitrogens with zero attached hydrogens (tertiary/aromatic N) is 1. The number of ether oxygens (including phenoxy) is 1. The molecule has 0 radical (unpaired) electrons. The van der Waals surface area contributed by atoms with Crippen LogP contribution in [0.15, 0.2) is 60.2 Å². The number of amides is 2. The number of hydrogen-bond donors (Lipinski definition) is 3. The number of carbonyl (C=O) groups excluding carboxylic acids is 2. The number of nitrogens with one attached hydrogen (secondary N) is 1. The fourth-order valence-electron chi connectivity index (χ4n) is 4.90. The highest BCUT2D eigenvalue weighted by Gasteiger charge is 2.51. The van der Waals surface area contributed by atoms with E-state index in [2.05, 4.69) is 5.32 Å². The molecule has 1 saturated carbocycles. The third-order valence-corrected chi connectivity index (χ3v) is 6.75. The summed E-state index contributed by atoms with van der Waals surface area (Å²) in [6.07, 6.45) is 1.21. The van der Waals surface area contributed by atoms with Crippen LogP contribution < -0.4 is 10.1 Å². The highest BCUT2D eigenvalue weighted by atomic mass is 19.1. The fraction of sp³-hybridized carbons (Fsp3) is 0.385. The van der Waals surface area contributed by atoms with Gasteiger partial charge in [0, 0.05) is 35.7 Å². The minimum atomic E-state index is -1.12. The van der Waals surface area contributed by atoms with E-state index >= 15 is 0 Å². The van der Waals surface area contributed by atoms with Gasteiger partial charge in [-0.05, 0) is 31.1 Å². The van der Waals surface area contributed by atoms with Crippen molar-refractivity contribution >= 4 is 11.8 Å². The van der Waals surface area contributed by atoms with E-state index in [1.165, 1.54) is 11.0 Å². The zero-order chi connectivity index (χ0) is 23.8. The lowest BCUT2D eigenvalue weighted by molar-refractivity contribution is -0.139. The number of rotatable bonds is 7. The first kappa shape index (κ1) is 22.6. The summed E-state index contributed by atoms with van der Waals surface area (Å²) in [5, 5.41) is 23.3. The molecular formula is C26H27FN2O5. The minimum absolute atomic E-state index is 0.0316. The molecule has 4 atom stereocenters. The standard InChI is InChI=1S/C26H27FN2O5/c27-19-7-3-1-5-16(19)14-29(26(33)15-9-10-15)20-13-18(25(32)28-11-12-30)22-17-6-2-4-8-21(17)34-24(22)23(20)31/h1-8,13,15,20,22-24,30-31H,9-12,14H2,(H,28,32). The minimum Gasteiger partial charge on any atom is -0.486 e. The van der Waals surface area contributed by atoms with Crippen molar-refractivity contribution in [1.82, 2.24) is 10.2 Å². The molecule has 4 unspecified atom stereocenters. The number of fused-ring (bicyclic) bond motifs is 3. The molecule has 8 heteroatoms. The Morgan fingerprint density at radius 2 is 1.85 bits per heavy atom. The van der Waals surface area contributed by atoms with E-state index in [4.69, 9.17) is 4.74 Å². The SMILES string of the molecule is O=C(NCCO)C1=CC(N(Cc2ccccc2F)C(=O)C2CC2)C(O)C2Oc3ccccc3C12. The Morgan fingerprint density at radius 1 is 1.12 bits per heavy atom. The smallest absolute Gasteiger partial charge is 0.247 e. The summed E-state index contributed by atoms with van der Waals surface area (Å²) in [5.41, 5.74) is 1.48. The van der Waals surface area contributed by atoms with Gasteiger partial charge < -0.3 is 25.2 Å². The summed E-state index contributed by atoms with van der Waals surface area (Å²) in [6.45, 7) is -0.175. The van der Waals surface area contributed by atoms with Crippen LogP contribution in [-0.2, 0) is 16.1 Å². The zero-order valence-corrected chi connectivity index (χ0v) is 18.6. The van der Waals surface area contributed by atoms with Crippen LogP contribution in [0.5, 0.6) is 5.75 Å². The first-order valence-electron chi connectivity index (χ1n) is 11.6. The second-order valence-corrected chi connectivity index (χ2v) is 9.01. The molecule has 2 aliphatic carbocycles. The van der Waals surface area contributed by atoms with Gasteiger partial charge in [0.05, 0.1) is 18.6 Å². The molecule has 2 amide bonds. The van der Waals surface area contributed by atoms with E-state index in [1.54, 1.807) is 30.3 Å². The first-order chi connectivity index (χ1) is 16.5. The molecule has 0 spiro atoms. The molecule has 7 nitrogen and oxygen atoms in total. The van der Waals surface area contributed by atoms with Crippen LogP contribution in [0.25, 0.3) is 0 Å². The van der Waals surface area contributed by atoms with Gasteiger partial charge >= 0.3 is 0 Å². The highest BCUT2D eigenvalue weighted by molar-refractivity contribution is 5.96. The van der Waals surface area contributed by atoms with Crippen molar-refractivity contribution in [2.45, 2.75) is 43.6 Å². The molecule has 1 aliphatic heterocycles. The number of para-hydroxylation sites is 1. The maximum absolute atomic E-state index is 14.5. The molecule has 2 aromatic carbocycles. The van der Waals surface area contributed by atoms with Crippen molar-refractivity contribution in [2.24, 2.45) is 5.92 Å². The molecule has 0 saturated heterocycles. The summed E-state index contributed by atoms with van der Waals surface area (Å²) in [6, 6.07) is 12.6. The van der Waals surface area contributed by atoms with Crippen molar-refractivity contribution in [3.8, 4) is 5.75 Å². The van der Waals surface area contributed by atoms with Crippen LogP contribution in [0, 0.1) is 11.7 Å². The summed E-state index contributed by atoms with van der Waals surface area (Å²) in [5.74, 6) is -1.12. The third-order valence-electron chi connectivity index (χ3n) is 6.75. The molecule has 1 fully saturated rings. The van der Waals surface area contributed by atoms with E-state index in [9.17, 15) is 24.2 Å². The Labute approximate surface area is 196 Å². The summed E-state index contributed by atoms with van der Waals surface area (Å²) < 4.78 is 20.6. The molecule has 3 aliphatic rings. The van der Waals surface area contributed by atoms with Crippen LogP contribution in [0.4, 0.5) is 4.39 Å². The van der Waals surface area contributed by atoms with Gasteiger partial charge in [0.2, 0.25) is 11.8 Å². The number of aliphatic hydroxyl groups is 2. The zero-order valence-electron chi connectivity index (χ0n) is 18.6.